The lowest BCUT2D eigenvalue weighted by molar-refractivity contribution is -0.120. The molecule has 19 heavy (non-hydrogen) atoms. The second-order valence-electron chi connectivity index (χ2n) is 4.99. The van der Waals surface area contributed by atoms with E-state index in [2.05, 4.69) is 29.3 Å². The average Bonchev–Trinajstić information content (AvgIpc) is 2.98. The van der Waals surface area contributed by atoms with Gasteiger partial charge in [-0.25, -0.2) is 0 Å². The first kappa shape index (κ1) is 14.0. The first-order valence-electron chi connectivity index (χ1n) is 6.91. The van der Waals surface area contributed by atoms with Gasteiger partial charge in [0, 0.05) is 13.2 Å². The van der Waals surface area contributed by atoms with Gasteiger partial charge < -0.3 is 14.6 Å². The zero-order valence-electron chi connectivity index (χ0n) is 11.5. The summed E-state index contributed by atoms with van der Waals surface area (Å²) in [7, 11) is 0. The third-order valence-electron chi connectivity index (χ3n) is 3.29. The highest BCUT2D eigenvalue weighted by Gasteiger charge is 2.30. The van der Waals surface area contributed by atoms with Crippen LogP contribution in [-0.4, -0.2) is 29.2 Å². The Morgan fingerprint density at radius 2 is 2.37 bits per heavy atom. The molecule has 0 bridgehead atoms. The van der Waals surface area contributed by atoms with Crippen molar-refractivity contribution in [3.8, 4) is 0 Å². The van der Waals surface area contributed by atoms with Crippen LogP contribution in [0.1, 0.15) is 50.9 Å². The monoisotopic (exact) mass is 267 g/mol. The van der Waals surface area contributed by atoms with E-state index in [9.17, 15) is 4.79 Å². The summed E-state index contributed by atoms with van der Waals surface area (Å²) in [6.45, 7) is 5.60. The molecule has 1 N–H and O–H groups in total. The zero-order valence-corrected chi connectivity index (χ0v) is 11.5. The zero-order chi connectivity index (χ0) is 13.7. The van der Waals surface area contributed by atoms with Gasteiger partial charge in [-0.05, 0) is 18.8 Å². The molecule has 0 aliphatic carbocycles. The quantitative estimate of drug-likeness (QED) is 0.793. The fourth-order valence-corrected chi connectivity index (χ4v) is 2.08. The fourth-order valence-electron chi connectivity index (χ4n) is 2.08. The summed E-state index contributed by atoms with van der Waals surface area (Å²) in [5.74, 6) is 1.22. The summed E-state index contributed by atoms with van der Waals surface area (Å²) in [5, 5.41) is 6.66. The number of nitrogens with zero attached hydrogens (tertiary/aromatic N) is 2. The van der Waals surface area contributed by atoms with Crippen molar-refractivity contribution in [2.24, 2.45) is 5.92 Å². The van der Waals surface area contributed by atoms with Crippen LogP contribution in [0.3, 0.4) is 0 Å². The molecule has 1 saturated heterocycles. The van der Waals surface area contributed by atoms with Gasteiger partial charge in [0.05, 0.1) is 6.42 Å². The smallest absolute Gasteiger partial charge is 0.256 e. The number of ether oxygens (including phenoxy) is 1. The maximum absolute atomic E-state index is 11.6. The Kier molecular flexibility index (Phi) is 4.90. The number of hydrogen-bond acceptors (Lipinski definition) is 5. The van der Waals surface area contributed by atoms with E-state index in [-0.39, 0.29) is 18.4 Å². The van der Waals surface area contributed by atoms with Crippen LogP contribution in [0.5, 0.6) is 0 Å². The predicted octanol–water partition coefficient (Wildman–Crippen LogP) is 1.63. The largest absolute Gasteiger partial charge is 0.368 e. The molecule has 106 valence electrons. The van der Waals surface area contributed by atoms with Gasteiger partial charge in [-0.15, -0.1) is 0 Å². The van der Waals surface area contributed by atoms with Gasteiger partial charge in [0.25, 0.3) is 5.89 Å². The Balaban J connectivity index is 1.85. The molecule has 0 aromatic carbocycles. The molecule has 2 rings (SSSR count). The Morgan fingerprint density at radius 1 is 1.53 bits per heavy atom. The van der Waals surface area contributed by atoms with Crippen LogP contribution in [0.2, 0.25) is 0 Å². The fraction of sp³-hybridized carbons (Fsp3) is 0.769. The summed E-state index contributed by atoms with van der Waals surface area (Å²) in [6.07, 6.45) is 3.08. The van der Waals surface area contributed by atoms with Crippen molar-refractivity contribution < 1.29 is 14.1 Å². The molecular weight excluding hydrogens is 246 g/mol. The molecular formula is C13H21N3O3. The van der Waals surface area contributed by atoms with Crippen molar-refractivity contribution in [2.75, 3.05) is 13.2 Å². The normalized spacial score (nSPS) is 22.6. The molecule has 0 spiro atoms. The number of carbonyl (C=O) groups excluding carboxylic acids is 1. The molecule has 1 fully saturated rings. The summed E-state index contributed by atoms with van der Waals surface area (Å²) < 4.78 is 10.7. The van der Waals surface area contributed by atoms with E-state index >= 15 is 0 Å². The summed E-state index contributed by atoms with van der Waals surface area (Å²) in [4.78, 5) is 15.9. The summed E-state index contributed by atoms with van der Waals surface area (Å²) in [5.41, 5.74) is 0. The van der Waals surface area contributed by atoms with Crippen molar-refractivity contribution in [1.29, 1.82) is 0 Å². The minimum Gasteiger partial charge on any atom is -0.368 e. The number of nitrogens with one attached hydrogen (secondary N) is 1. The molecule has 1 aliphatic rings. The second-order valence-corrected chi connectivity index (χ2v) is 4.99. The molecule has 0 saturated carbocycles. The van der Waals surface area contributed by atoms with Crippen molar-refractivity contribution in [2.45, 2.75) is 45.6 Å². The molecule has 6 nitrogen and oxygen atoms in total. The van der Waals surface area contributed by atoms with Gasteiger partial charge in [-0.2, -0.15) is 4.98 Å². The van der Waals surface area contributed by atoms with Crippen LogP contribution in [0, 0.1) is 5.92 Å². The minimum absolute atomic E-state index is 0.0683. The van der Waals surface area contributed by atoms with E-state index in [1.807, 2.05) is 0 Å². The molecule has 2 atom stereocenters. The Labute approximate surface area is 112 Å². The molecule has 0 unspecified atom stereocenters. The highest BCUT2D eigenvalue weighted by molar-refractivity contribution is 5.77. The van der Waals surface area contributed by atoms with Crippen LogP contribution >= 0.6 is 0 Å². The predicted molar refractivity (Wildman–Crippen MR) is 68.4 cm³/mol. The number of unbranched alkanes of at least 4 members (excludes halogenated alkanes) is 1. The topological polar surface area (TPSA) is 77.2 Å². The lowest BCUT2D eigenvalue weighted by Crippen LogP contribution is -2.26. The van der Waals surface area contributed by atoms with Crippen LogP contribution in [0.25, 0.3) is 0 Å². The molecule has 6 heteroatoms. The van der Waals surface area contributed by atoms with Gasteiger partial charge in [0.1, 0.15) is 6.10 Å². The molecule has 0 radical (unpaired) electrons. The van der Waals surface area contributed by atoms with E-state index in [1.165, 1.54) is 0 Å². The molecule has 1 aromatic heterocycles. The number of carbonyl (C=O) groups is 1. The number of rotatable bonds is 6. The van der Waals surface area contributed by atoms with Crippen molar-refractivity contribution >= 4 is 5.91 Å². The van der Waals surface area contributed by atoms with E-state index in [4.69, 9.17) is 9.26 Å². The average molecular weight is 267 g/mol. The highest BCUT2D eigenvalue weighted by Crippen LogP contribution is 2.32. The van der Waals surface area contributed by atoms with E-state index < -0.39 is 0 Å². The molecule has 1 aromatic rings. The van der Waals surface area contributed by atoms with Gasteiger partial charge >= 0.3 is 0 Å². The summed E-state index contributed by atoms with van der Waals surface area (Å²) >= 11 is 0. The highest BCUT2D eigenvalue weighted by atomic mass is 16.5. The van der Waals surface area contributed by atoms with Crippen LogP contribution in [0.4, 0.5) is 0 Å². The lowest BCUT2D eigenvalue weighted by atomic mass is 10.0. The van der Waals surface area contributed by atoms with Gasteiger partial charge in [0.2, 0.25) is 5.91 Å². The number of hydrogen-bond donors (Lipinski definition) is 1. The third kappa shape index (κ3) is 3.76. The van der Waals surface area contributed by atoms with Crippen LogP contribution in [-0.2, 0) is 16.0 Å². The maximum atomic E-state index is 11.6. The van der Waals surface area contributed by atoms with Crippen LogP contribution < -0.4 is 5.32 Å². The lowest BCUT2D eigenvalue weighted by Gasteiger charge is -2.07. The SMILES string of the molecule is CCCCNC(=O)Cc1noc([C@@H]2OCC[C@H]2C)n1. The Morgan fingerprint density at radius 3 is 3.05 bits per heavy atom. The number of amides is 1. The molecule has 1 aliphatic heterocycles. The minimum atomic E-state index is -0.121. The van der Waals surface area contributed by atoms with E-state index in [0.717, 1.165) is 25.9 Å². The first-order chi connectivity index (χ1) is 9.20. The van der Waals surface area contributed by atoms with Crippen molar-refractivity contribution in [1.82, 2.24) is 15.5 Å². The van der Waals surface area contributed by atoms with E-state index in [0.29, 0.717) is 24.2 Å². The van der Waals surface area contributed by atoms with Gasteiger partial charge in [0.15, 0.2) is 5.82 Å². The van der Waals surface area contributed by atoms with Crippen molar-refractivity contribution in [3.05, 3.63) is 11.7 Å². The second kappa shape index (κ2) is 6.65. The standard InChI is InChI=1S/C13H21N3O3/c1-3-4-6-14-11(17)8-10-15-13(19-16-10)12-9(2)5-7-18-12/h9,12H,3-8H2,1-2H3,(H,14,17)/t9-,12-/m1/s1. The van der Waals surface area contributed by atoms with Crippen molar-refractivity contribution in [3.63, 3.8) is 0 Å². The molecule has 1 amide bonds. The first-order valence-corrected chi connectivity index (χ1v) is 6.91. The number of aromatic nitrogens is 2. The summed E-state index contributed by atoms with van der Waals surface area (Å²) in [6, 6.07) is 0. The van der Waals surface area contributed by atoms with E-state index in [1.54, 1.807) is 0 Å². The third-order valence-corrected chi connectivity index (χ3v) is 3.29. The Hall–Kier alpha value is -1.43. The molecule has 2 heterocycles. The van der Waals surface area contributed by atoms with Gasteiger partial charge in [-0.1, -0.05) is 25.4 Å². The Bertz CT molecular complexity index is 419. The maximum Gasteiger partial charge on any atom is 0.256 e. The van der Waals surface area contributed by atoms with Crippen LogP contribution in [0.15, 0.2) is 4.52 Å². The van der Waals surface area contributed by atoms with Gasteiger partial charge in [-0.3, -0.25) is 4.79 Å².